The molecule has 1 atom stereocenters. The Morgan fingerprint density at radius 2 is 1.94 bits per heavy atom. The second-order valence-corrected chi connectivity index (χ2v) is 4.95. The highest BCUT2D eigenvalue weighted by Gasteiger charge is 2.45. The number of ether oxygens (including phenoxy) is 1. The maximum atomic E-state index is 12.1. The molecular formula is C13H16N2O2. The Kier molecular flexibility index (Phi) is 2.16. The third-order valence-corrected chi connectivity index (χ3v) is 3.71. The average Bonchev–Trinajstić information content (AvgIpc) is 2.73. The summed E-state index contributed by atoms with van der Waals surface area (Å²) < 4.78 is 5.35. The molecule has 4 heteroatoms. The van der Waals surface area contributed by atoms with E-state index in [1.54, 1.807) is 0 Å². The summed E-state index contributed by atoms with van der Waals surface area (Å²) in [6.07, 6.45) is 0.727. The summed E-state index contributed by atoms with van der Waals surface area (Å²) >= 11 is 0. The van der Waals surface area contributed by atoms with Crippen LogP contribution in [0.25, 0.3) is 0 Å². The molecule has 0 aliphatic carbocycles. The molecule has 2 N–H and O–H groups in total. The monoisotopic (exact) mass is 232 g/mol. The fourth-order valence-corrected chi connectivity index (χ4v) is 2.42. The van der Waals surface area contributed by atoms with Crippen LogP contribution in [0.3, 0.4) is 0 Å². The van der Waals surface area contributed by atoms with Gasteiger partial charge in [0.05, 0.1) is 18.0 Å². The summed E-state index contributed by atoms with van der Waals surface area (Å²) in [5.41, 5.74) is 3.72. The Morgan fingerprint density at radius 3 is 2.59 bits per heavy atom. The number of anilines is 2. The van der Waals surface area contributed by atoms with Crippen LogP contribution >= 0.6 is 0 Å². The van der Waals surface area contributed by atoms with Crippen LogP contribution in [0.5, 0.6) is 0 Å². The van der Waals surface area contributed by atoms with Gasteiger partial charge in [-0.1, -0.05) is 0 Å². The standard InChI is InChI=1S/C13H16N2O2/c1-8-5-10-11(6-9(8)2)15-13(12(16)14-10)3-4-17-7-13/h5-6,15H,3-4,7H2,1-2H3,(H,14,16). The zero-order chi connectivity index (χ0) is 12.0. The van der Waals surface area contributed by atoms with Crippen molar-refractivity contribution in [2.24, 2.45) is 0 Å². The van der Waals surface area contributed by atoms with Crippen molar-refractivity contribution in [2.45, 2.75) is 25.8 Å². The van der Waals surface area contributed by atoms with Gasteiger partial charge in [-0.3, -0.25) is 4.79 Å². The van der Waals surface area contributed by atoms with E-state index in [1.807, 2.05) is 13.0 Å². The second kappa shape index (κ2) is 3.47. The molecule has 1 amide bonds. The Labute approximate surface area is 100 Å². The maximum Gasteiger partial charge on any atom is 0.252 e. The molecule has 2 heterocycles. The minimum absolute atomic E-state index is 0.0192. The number of carbonyl (C=O) groups is 1. The fraction of sp³-hybridized carbons (Fsp3) is 0.462. The molecule has 1 fully saturated rings. The molecule has 1 aromatic carbocycles. The normalized spacial score (nSPS) is 26.6. The van der Waals surface area contributed by atoms with Crippen molar-refractivity contribution in [3.05, 3.63) is 23.3 Å². The first-order chi connectivity index (χ1) is 8.11. The van der Waals surface area contributed by atoms with Gasteiger partial charge in [0.2, 0.25) is 0 Å². The van der Waals surface area contributed by atoms with E-state index in [0.29, 0.717) is 13.2 Å². The predicted molar refractivity (Wildman–Crippen MR) is 66.3 cm³/mol. The lowest BCUT2D eigenvalue weighted by Gasteiger charge is -2.34. The van der Waals surface area contributed by atoms with E-state index in [4.69, 9.17) is 4.74 Å². The van der Waals surface area contributed by atoms with E-state index in [-0.39, 0.29) is 5.91 Å². The Hall–Kier alpha value is -1.55. The molecule has 1 saturated heterocycles. The number of aryl methyl sites for hydroxylation is 2. The van der Waals surface area contributed by atoms with Gasteiger partial charge < -0.3 is 15.4 Å². The molecular weight excluding hydrogens is 216 g/mol. The van der Waals surface area contributed by atoms with Crippen LogP contribution in [0.2, 0.25) is 0 Å². The molecule has 0 saturated carbocycles. The van der Waals surface area contributed by atoms with Crippen molar-refractivity contribution in [3.63, 3.8) is 0 Å². The SMILES string of the molecule is Cc1cc2c(cc1C)NC1(CCOC1)C(=O)N2. The van der Waals surface area contributed by atoms with Gasteiger partial charge in [-0.05, 0) is 37.1 Å². The fourth-order valence-electron chi connectivity index (χ4n) is 2.42. The van der Waals surface area contributed by atoms with Gasteiger partial charge in [-0.25, -0.2) is 0 Å². The summed E-state index contributed by atoms with van der Waals surface area (Å²) in [6.45, 7) is 5.21. The molecule has 17 heavy (non-hydrogen) atoms. The summed E-state index contributed by atoms with van der Waals surface area (Å²) in [7, 11) is 0. The van der Waals surface area contributed by atoms with Gasteiger partial charge in [-0.15, -0.1) is 0 Å². The minimum Gasteiger partial charge on any atom is -0.378 e. The van der Waals surface area contributed by atoms with Crippen LogP contribution in [0.15, 0.2) is 12.1 Å². The molecule has 1 spiro atoms. The highest BCUT2D eigenvalue weighted by Crippen LogP contribution is 2.36. The van der Waals surface area contributed by atoms with Crippen LogP contribution in [0, 0.1) is 13.8 Å². The zero-order valence-electron chi connectivity index (χ0n) is 10.1. The van der Waals surface area contributed by atoms with Crippen molar-refractivity contribution >= 4 is 17.3 Å². The maximum absolute atomic E-state index is 12.1. The Bertz CT molecular complexity index is 490. The first-order valence-electron chi connectivity index (χ1n) is 5.89. The van der Waals surface area contributed by atoms with Crippen LogP contribution in [-0.2, 0) is 9.53 Å². The highest BCUT2D eigenvalue weighted by atomic mass is 16.5. The molecule has 3 rings (SSSR count). The summed E-state index contributed by atoms with van der Waals surface area (Å²) in [4.78, 5) is 12.1. The van der Waals surface area contributed by atoms with Gasteiger partial charge in [0.25, 0.3) is 5.91 Å². The quantitative estimate of drug-likeness (QED) is 0.717. The molecule has 2 aliphatic rings. The number of rotatable bonds is 0. The van der Waals surface area contributed by atoms with Gasteiger partial charge in [0.1, 0.15) is 5.54 Å². The van der Waals surface area contributed by atoms with E-state index < -0.39 is 5.54 Å². The van der Waals surface area contributed by atoms with Crippen molar-refractivity contribution in [2.75, 3.05) is 23.8 Å². The van der Waals surface area contributed by atoms with Crippen molar-refractivity contribution in [3.8, 4) is 0 Å². The lowest BCUT2D eigenvalue weighted by Crippen LogP contribution is -2.53. The summed E-state index contributed by atoms with van der Waals surface area (Å²) in [5, 5.41) is 6.33. The molecule has 2 aliphatic heterocycles. The smallest absolute Gasteiger partial charge is 0.252 e. The van der Waals surface area contributed by atoms with Gasteiger partial charge >= 0.3 is 0 Å². The molecule has 0 radical (unpaired) electrons. The van der Waals surface area contributed by atoms with Crippen LogP contribution < -0.4 is 10.6 Å². The molecule has 0 bridgehead atoms. The van der Waals surface area contributed by atoms with E-state index in [9.17, 15) is 4.79 Å². The lowest BCUT2D eigenvalue weighted by atomic mass is 9.93. The minimum atomic E-state index is -0.561. The van der Waals surface area contributed by atoms with E-state index in [1.165, 1.54) is 11.1 Å². The Balaban J connectivity index is 2.04. The predicted octanol–water partition coefficient (Wildman–Crippen LogP) is 1.83. The number of carbonyl (C=O) groups excluding carboxylic acids is 1. The topological polar surface area (TPSA) is 50.4 Å². The summed E-state index contributed by atoms with van der Waals surface area (Å²) in [6, 6.07) is 4.10. The first-order valence-corrected chi connectivity index (χ1v) is 5.89. The number of fused-ring (bicyclic) bond motifs is 1. The van der Waals surface area contributed by atoms with Crippen molar-refractivity contribution in [1.29, 1.82) is 0 Å². The molecule has 90 valence electrons. The number of hydrogen-bond donors (Lipinski definition) is 2. The highest BCUT2D eigenvalue weighted by molar-refractivity contribution is 6.06. The number of nitrogens with one attached hydrogen (secondary N) is 2. The Morgan fingerprint density at radius 1 is 1.24 bits per heavy atom. The van der Waals surface area contributed by atoms with Crippen LogP contribution in [0.4, 0.5) is 11.4 Å². The zero-order valence-corrected chi connectivity index (χ0v) is 10.1. The lowest BCUT2D eigenvalue weighted by molar-refractivity contribution is -0.120. The van der Waals surface area contributed by atoms with E-state index >= 15 is 0 Å². The van der Waals surface area contributed by atoms with Gasteiger partial charge in [0.15, 0.2) is 0 Å². The number of hydrogen-bond acceptors (Lipinski definition) is 3. The molecule has 1 unspecified atom stereocenters. The van der Waals surface area contributed by atoms with Crippen LogP contribution in [-0.4, -0.2) is 24.7 Å². The molecule has 0 aromatic heterocycles. The first kappa shape index (κ1) is 10.6. The van der Waals surface area contributed by atoms with Gasteiger partial charge in [-0.2, -0.15) is 0 Å². The van der Waals surface area contributed by atoms with Crippen molar-refractivity contribution in [1.82, 2.24) is 0 Å². The largest absolute Gasteiger partial charge is 0.378 e. The third kappa shape index (κ3) is 1.52. The van der Waals surface area contributed by atoms with Gasteiger partial charge in [0, 0.05) is 13.0 Å². The molecule has 4 nitrogen and oxygen atoms in total. The second-order valence-electron chi connectivity index (χ2n) is 4.95. The van der Waals surface area contributed by atoms with Crippen molar-refractivity contribution < 1.29 is 9.53 Å². The van der Waals surface area contributed by atoms with E-state index in [0.717, 1.165) is 17.8 Å². The number of benzene rings is 1. The summed E-state index contributed by atoms with van der Waals surface area (Å²) in [5.74, 6) is 0.0192. The van der Waals surface area contributed by atoms with E-state index in [2.05, 4.69) is 23.6 Å². The average molecular weight is 232 g/mol. The molecule has 1 aromatic rings. The third-order valence-electron chi connectivity index (χ3n) is 3.71. The van der Waals surface area contributed by atoms with Crippen LogP contribution in [0.1, 0.15) is 17.5 Å². The number of amides is 1.